The van der Waals surface area contributed by atoms with Gasteiger partial charge in [0.2, 0.25) is 0 Å². The average molecular weight is 425 g/mol. The number of aliphatic hydroxyl groups is 1. The number of ether oxygens (including phenoxy) is 1. The summed E-state index contributed by atoms with van der Waals surface area (Å²) in [7, 11) is 0. The fourth-order valence-corrected chi connectivity index (χ4v) is 3.86. The highest BCUT2D eigenvalue weighted by molar-refractivity contribution is 5.86. The lowest BCUT2D eigenvalue weighted by Crippen LogP contribution is -2.05. The van der Waals surface area contributed by atoms with E-state index in [0.29, 0.717) is 18.8 Å². The molecule has 30 heavy (non-hydrogen) atoms. The molecule has 0 bridgehead atoms. The van der Waals surface area contributed by atoms with Crippen molar-refractivity contribution in [3.05, 3.63) is 12.2 Å². The summed E-state index contributed by atoms with van der Waals surface area (Å²) in [5, 5.41) is 8.74. The second-order valence-electron chi connectivity index (χ2n) is 9.06. The zero-order valence-corrected chi connectivity index (χ0v) is 20.2. The molecule has 0 spiro atoms. The average Bonchev–Trinajstić information content (AvgIpc) is 2.74. The van der Waals surface area contributed by atoms with Gasteiger partial charge in [-0.1, -0.05) is 129 Å². The van der Waals surface area contributed by atoms with E-state index in [4.69, 9.17) is 9.84 Å². The Labute approximate surface area is 188 Å². The molecule has 0 aromatic carbocycles. The summed E-state index contributed by atoms with van der Waals surface area (Å²) in [6.07, 6.45) is 27.8. The van der Waals surface area contributed by atoms with Crippen LogP contribution in [0.3, 0.4) is 0 Å². The highest BCUT2D eigenvalue weighted by Crippen LogP contribution is 2.15. The van der Waals surface area contributed by atoms with Crippen molar-refractivity contribution in [2.24, 2.45) is 0 Å². The second-order valence-corrected chi connectivity index (χ2v) is 9.06. The standard InChI is InChI=1S/C27H52O3/c1-26(2)27(29)30-25-23-21-19-17-15-13-11-9-7-5-3-4-6-8-10-12-14-16-18-20-22-24-28/h28H,1,3-25H2,2H3. The molecule has 0 radical (unpaired) electrons. The second kappa shape index (κ2) is 24.4. The highest BCUT2D eigenvalue weighted by Gasteiger charge is 2.01. The SMILES string of the molecule is C=C(C)C(=O)OCCCCCCCCCCCCCCCCCCCCCCCO. The number of carbonyl (C=O) groups excluding carboxylic acids is 1. The van der Waals surface area contributed by atoms with Crippen molar-refractivity contribution in [1.82, 2.24) is 0 Å². The smallest absolute Gasteiger partial charge is 0.333 e. The van der Waals surface area contributed by atoms with Gasteiger partial charge in [0, 0.05) is 12.2 Å². The van der Waals surface area contributed by atoms with Crippen molar-refractivity contribution in [3.8, 4) is 0 Å². The Morgan fingerprint density at radius 1 is 0.567 bits per heavy atom. The predicted molar refractivity (Wildman–Crippen MR) is 130 cm³/mol. The molecule has 0 heterocycles. The Kier molecular flexibility index (Phi) is 23.8. The van der Waals surface area contributed by atoms with Crippen molar-refractivity contribution in [2.75, 3.05) is 13.2 Å². The lowest BCUT2D eigenvalue weighted by Gasteiger charge is -2.05. The van der Waals surface area contributed by atoms with Gasteiger partial charge in [0.15, 0.2) is 0 Å². The third kappa shape index (κ3) is 23.4. The van der Waals surface area contributed by atoms with Gasteiger partial charge >= 0.3 is 5.97 Å². The highest BCUT2D eigenvalue weighted by atomic mass is 16.5. The number of rotatable bonds is 24. The molecule has 0 unspecified atom stereocenters. The van der Waals surface area contributed by atoms with Gasteiger partial charge in [0.05, 0.1) is 6.61 Å². The first-order chi connectivity index (χ1) is 14.7. The molecule has 0 rings (SSSR count). The molecule has 3 nitrogen and oxygen atoms in total. The van der Waals surface area contributed by atoms with E-state index >= 15 is 0 Å². The summed E-state index contributed by atoms with van der Waals surface area (Å²) in [4.78, 5) is 11.2. The molecule has 0 aromatic rings. The van der Waals surface area contributed by atoms with Crippen LogP contribution in [0.1, 0.15) is 142 Å². The van der Waals surface area contributed by atoms with E-state index in [2.05, 4.69) is 6.58 Å². The van der Waals surface area contributed by atoms with Gasteiger partial charge in [0.25, 0.3) is 0 Å². The number of hydrogen-bond donors (Lipinski definition) is 1. The van der Waals surface area contributed by atoms with Gasteiger partial charge in [-0.2, -0.15) is 0 Å². The van der Waals surface area contributed by atoms with Crippen LogP contribution < -0.4 is 0 Å². The number of unbranched alkanes of at least 4 members (excludes halogenated alkanes) is 20. The summed E-state index contributed by atoms with van der Waals surface area (Å²) < 4.78 is 5.10. The molecule has 0 amide bonds. The van der Waals surface area contributed by atoms with Crippen LogP contribution in [0.15, 0.2) is 12.2 Å². The molecular weight excluding hydrogens is 372 g/mol. The lowest BCUT2D eigenvalue weighted by molar-refractivity contribution is -0.139. The van der Waals surface area contributed by atoms with Crippen LogP contribution in [-0.2, 0) is 9.53 Å². The summed E-state index contributed by atoms with van der Waals surface area (Å²) >= 11 is 0. The Morgan fingerprint density at radius 2 is 0.833 bits per heavy atom. The maximum Gasteiger partial charge on any atom is 0.333 e. The van der Waals surface area contributed by atoms with E-state index in [1.54, 1.807) is 6.92 Å². The molecule has 0 fully saturated rings. The van der Waals surface area contributed by atoms with Crippen molar-refractivity contribution < 1.29 is 14.6 Å². The number of esters is 1. The van der Waals surface area contributed by atoms with Crippen LogP contribution in [0.25, 0.3) is 0 Å². The Hall–Kier alpha value is -0.830. The Balaban J connectivity index is 3.05. The van der Waals surface area contributed by atoms with E-state index in [0.717, 1.165) is 19.3 Å². The molecule has 0 aliphatic heterocycles. The van der Waals surface area contributed by atoms with Crippen molar-refractivity contribution >= 4 is 5.97 Å². The fraction of sp³-hybridized carbons (Fsp3) is 0.889. The fourth-order valence-electron chi connectivity index (χ4n) is 3.86. The van der Waals surface area contributed by atoms with Crippen molar-refractivity contribution in [2.45, 2.75) is 142 Å². The van der Waals surface area contributed by atoms with Gasteiger partial charge in [-0.3, -0.25) is 0 Å². The molecule has 3 heteroatoms. The van der Waals surface area contributed by atoms with Crippen molar-refractivity contribution in [1.29, 1.82) is 0 Å². The summed E-state index contributed by atoms with van der Waals surface area (Å²) in [6.45, 7) is 6.17. The molecule has 1 N–H and O–H groups in total. The van der Waals surface area contributed by atoms with Gasteiger partial charge in [-0.05, 0) is 19.8 Å². The number of aliphatic hydroxyl groups excluding tert-OH is 1. The molecule has 0 aliphatic rings. The molecule has 0 saturated carbocycles. The van der Waals surface area contributed by atoms with Crippen LogP contribution in [0.5, 0.6) is 0 Å². The first-order valence-corrected chi connectivity index (χ1v) is 13.1. The van der Waals surface area contributed by atoms with Gasteiger partial charge in [-0.15, -0.1) is 0 Å². The maximum absolute atomic E-state index is 11.2. The van der Waals surface area contributed by atoms with Gasteiger partial charge in [0.1, 0.15) is 0 Å². The molecule has 0 atom stereocenters. The molecule has 0 aromatic heterocycles. The normalized spacial score (nSPS) is 11.0. The van der Waals surface area contributed by atoms with Crippen LogP contribution in [0, 0.1) is 0 Å². The van der Waals surface area contributed by atoms with E-state index in [9.17, 15) is 4.79 Å². The molecule has 0 saturated heterocycles. The van der Waals surface area contributed by atoms with Crippen LogP contribution in [-0.4, -0.2) is 24.3 Å². The van der Waals surface area contributed by atoms with E-state index < -0.39 is 0 Å². The minimum atomic E-state index is -0.257. The first-order valence-electron chi connectivity index (χ1n) is 13.1. The maximum atomic E-state index is 11.2. The number of carbonyl (C=O) groups is 1. The van der Waals surface area contributed by atoms with E-state index in [-0.39, 0.29) is 5.97 Å². The number of hydrogen-bond acceptors (Lipinski definition) is 3. The lowest BCUT2D eigenvalue weighted by atomic mass is 10.0. The Morgan fingerprint density at radius 3 is 1.10 bits per heavy atom. The summed E-state index contributed by atoms with van der Waals surface area (Å²) in [6, 6.07) is 0. The third-order valence-corrected chi connectivity index (χ3v) is 5.88. The van der Waals surface area contributed by atoms with Crippen LogP contribution >= 0.6 is 0 Å². The zero-order chi connectivity index (χ0) is 22.1. The topological polar surface area (TPSA) is 46.5 Å². The molecule has 0 aliphatic carbocycles. The Bertz CT molecular complexity index is 378. The minimum Gasteiger partial charge on any atom is -0.462 e. The van der Waals surface area contributed by atoms with E-state index in [1.165, 1.54) is 116 Å². The van der Waals surface area contributed by atoms with Crippen molar-refractivity contribution in [3.63, 3.8) is 0 Å². The largest absolute Gasteiger partial charge is 0.462 e. The zero-order valence-electron chi connectivity index (χ0n) is 20.2. The third-order valence-electron chi connectivity index (χ3n) is 5.88. The van der Waals surface area contributed by atoms with Crippen LogP contribution in [0.4, 0.5) is 0 Å². The van der Waals surface area contributed by atoms with Gasteiger partial charge in [-0.25, -0.2) is 4.79 Å². The predicted octanol–water partition coefficient (Wildman–Crippen LogP) is 8.29. The summed E-state index contributed by atoms with van der Waals surface area (Å²) in [5.41, 5.74) is 0.489. The summed E-state index contributed by atoms with van der Waals surface area (Å²) in [5.74, 6) is -0.257. The molecular formula is C27H52O3. The van der Waals surface area contributed by atoms with E-state index in [1.807, 2.05) is 0 Å². The first kappa shape index (κ1) is 29.2. The minimum absolute atomic E-state index is 0.257. The molecule has 178 valence electrons. The monoisotopic (exact) mass is 424 g/mol. The van der Waals surface area contributed by atoms with Crippen LogP contribution in [0.2, 0.25) is 0 Å². The quantitative estimate of drug-likeness (QED) is 0.0962. The van der Waals surface area contributed by atoms with Gasteiger partial charge < -0.3 is 9.84 Å².